The minimum atomic E-state index is 0.864. The second-order valence-corrected chi connectivity index (χ2v) is 3.32. The average Bonchev–Trinajstić information content (AvgIpc) is 2.66. The van der Waals surface area contributed by atoms with Crippen LogP contribution in [0.15, 0.2) is 12.4 Å². The van der Waals surface area contributed by atoms with E-state index >= 15 is 0 Å². The molecule has 0 aliphatic heterocycles. The highest BCUT2D eigenvalue weighted by molar-refractivity contribution is 5.78. The predicted octanol–water partition coefficient (Wildman–Crippen LogP) is 1.38. The molecule has 0 aromatic carbocycles. The molecule has 0 atom stereocenters. The number of pyridine rings is 1. The molecule has 2 aromatic heterocycles. The lowest BCUT2D eigenvalue weighted by Crippen LogP contribution is -2.12. The van der Waals surface area contributed by atoms with Crippen molar-refractivity contribution in [1.82, 2.24) is 20.5 Å². The lowest BCUT2D eigenvalue weighted by atomic mass is 10.1. The molecule has 74 valence electrons. The molecule has 14 heavy (non-hydrogen) atoms. The van der Waals surface area contributed by atoms with Gasteiger partial charge in [-0.15, -0.1) is 0 Å². The van der Waals surface area contributed by atoms with Gasteiger partial charge in [-0.1, -0.05) is 6.92 Å². The molecule has 0 saturated heterocycles. The maximum Gasteiger partial charge on any atom is 0.155 e. The molecule has 0 radical (unpaired) electrons. The van der Waals surface area contributed by atoms with Crippen molar-refractivity contribution < 1.29 is 0 Å². The number of aromatic amines is 1. The number of aryl methyl sites for hydroxylation is 1. The van der Waals surface area contributed by atoms with Crippen LogP contribution in [-0.2, 0) is 6.54 Å². The topological polar surface area (TPSA) is 53.6 Å². The highest BCUT2D eigenvalue weighted by Gasteiger charge is 2.05. The Bertz CT molecular complexity index is 433. The summed E-state index contributed by atoms with van der Waals surface area (Å²) in [5.41, 5.74) is 3.35. The van der Waals surface area contributed by atoms with Gasteiger partial charge in [0, 0.05) is 18.1 Å². The molecule has 4 nitrogen and oxygen atoms in total. The Morgan fingerprint density at radius 1 is 1.43 bits per heavy atom. The first kappa shape index (κ1) is 9.15. The molecule has 0 bridgehead atoms. The van der Waals surface area contributed by atoms with Gasteiger partial charge in [-0.2, -0.15) is 5.10 Å². The van der Waals surface area contributed by atoms with E-state index in [0.717, 1.165) is 24.1 Å². The molecule has 0 fully saturated rings. The van der Waals surface area contributed by atoms with Crippen molar-refractivity contribution in [1.29, 1.82) is 0 Å². The van der Waals surface area contributed by atoms with Crippen LogP contribution in [0.2, 0.25) is 0 Å². The summed E-state index contributed by atoms with van der Waals surface area (Å²) >= 11 is 0. The molecular weight excluding hydrogens is 176 g/mol. The van der Waals surface area contributed by atoms with E-state index in [0.29, 0.717) is 0 Å². The van der Waals surface area contributed by atoms with Gasteiger partial charge in [-0.3, -0.25) is 5.10 Å². The normalized spacial score (nSPS) is 11.0. The molecule has 0 aliphatic rings. The lowest BCUT2D eigenvalue weighted by molar-refractivity contribution is 0.722. The third-order valence-corrected chi connectivity index (χ3v) is 2.42. The first-order valence-corrected chi connectivity index (χ1v) is 4.81. The van der Waals surface area contributed by atoms with Gasteiger partial charge >= 0.3 is 0 Å². The van der Waals surface area contributed by atoms with Crippen LogP contribution in [0.3, 0.4) is 0 Å². The zero-order chi connectivity index (χ0) is 9.97. The molecular formula is C10H14N4. The van der Waals surface area contributed by atoms with Crippen LogP contribution in [0, 0.1) is 6.92 Å². The molecule has 0 aliphatic carbocycles. The fourth-order valence-corrected chi connectivity index (χ4v) is 1.50. The predicted molar refractivity (Wildman–Crippen MR) is 56.0 cm³/mol. The summed E-state index contributed by atoms with van der Waals surface area (Å²) in [6, 6.07) is 0. The van der Waals surface area contributed by atoms with Gasteiger partial charge in [0.1, 0.15) is 0 Å². The number of nitrogens with one attached hydrogen (secondary N) is 2. The summed E-state index contributed by atoms with van der Waals surface area (Å²) in [6.45, 7) is 6.05. The SMILES string of the molecule is CCNCc1cnc2[nH]ncc2c1C. The number of rotatable bonds is 3. The summed E-state index contributed by atoms with van der Waals surface area (Å²) in [5.74, 6) is 0. The highest BCUT2D eigenvalue weighted by atomic mass is 15.1. The zero-order valence-corrected chi connectivity index (χ0v) is 8.46. The Labute approximate surface area is 82.7 Å². The van der Waals surface area contributed by atoms with Crippen molar-refractivity contribution in [2.45, 2.75) is 20.4 Å². The van der Waals surface area contributed by atoms with Crippen LogP contribution >= 0.6 is 0 Å². The number of aromatic nitrogens is 3. The van der Waals surface area contributed by atoms with Crippen LogP contribution in [0.1, 0.15) is 18.1 Å². The van der Waals surface area contributed by atoms with E-state index in [1.54, 1.807) is 0 Å². The molecule has 2 heterocycles. The summed E-state index contributed by atoms with van der Waals surface area (Å²) in [4.78, 5) is 4.30. The lowest BCUT2D eigenvalue weighted by Gasteiger charge is -2.05. The first-order chi connectivity index (χ1) is 6.83. The standard InChI is InChI=1S/C10H14N4/c1-3-11-4-8-5-12-10-9(7(8)2)6-13-14-10/h5-6,11H,3-4H2,1-2H3,(H,12,13,14). The smallest absolute Gasteiger partial charge is 0.155 e. The number of hydrogen-bond acceptors (Lipinski definition) is 3. The molecule has 0 saturated carbocycles. The second kappa shape index (κ2) is 3.75. The van der Waals surface area contributed by atoms with Gasteiger partial charge in [-0.05, 0) is 24.6 Å². The number of nitrogens with zero attached hydrogens (tertiary/aromatic N) is 2. The average molecular weight is 190 g/mol. The van der Waals surface area contributed by atoms with Crippen molar-refractivity contribution in [2.24, 2.45) is 0 Å². The number of fused-ring (bicyclic) bond motifs is 1. The van der Waals surface area contributed by atoms with E-state index in [4.69, 9.17) is 0 Å². The molecule has 0 spiro atoms. The van der Waals surface area contributed by atoms with Gasteiger partial charge in [0.25, 0.3) is 0 Å². The van der Waals surface area contributed by atoms with Gasteiger partial charge in [0.2, 0.25) is 0 Å². The fraction of sp³-hybridized carbons (Fsp3) is 0.400. The third kappa shape index (κ3) is 1.48. The minimum absolute atomic E-state index is 0.864. The van der Waals surface area contributed by atoms with E-state index in [9.17, 15) is 0 Å². The van der Waals surface area contributed by atoms with E-state index < -0.39 is 0 Å². The third-order valence-electron chi connectivity index (χ3n) is 2.42. The summed E-state index contributed by atoms with van der Waals surface area (Å²) in [6.07, 6.45) is 3.73. The Hall–Kier alpha value is -1.42. The van der Waals surface area contributed by atoms with Gasteiger partial charge < -0.3 is 5.32 Å². The van der Waals surface area contributed by atoms with Gasteiger partial charge in [0.05, 0.1) is 6.20 Å². The summed E-state index contributed by atoms with van der Waals surface area (Å²) in [7, 11) is 0. The van der Waals surface area contributed by atoms with Gasteiger partial charge in [0.15, 0.2) is 5.65 Å². The molecule has 2 N–H and O–H groups in total. The summed E-state index contributed by atoms with van der Waals surface area (Å²) < 4.78 is 0. The molecule has 2 rings (SSSR count). The maximum atomic E-state index is 4.30. The van der Waals surface area contributed by atoms with Crippen LogP contribution in [0.4, 0.5) is 0 Å². The number of hydrogen-bond donors (Lipinski definition) is 2. The molecule has 0 amide bonds. The highest BCUT2D eigenvalue weighted by Crippen LogP contribution is 2.16. The zero-order valence-electron chi connectivity index (χ0n) is 8.46. The van der Waals surface area contributed by atoms with Crippen molar-refractivity contribution in [3.8, 4) is 0 Å². The summed E-state index contributed by atoms with van der Waals surface area (Å²) in [5, 5.41) is 11.2. The first-order valence-electron chi connectivity index (χ1n) is 4.81. The molecule has 4 heteroatoms. The quantitative estimate of drug-likeness (QED) is 0.768. The number of H-pyrrole nitrogens is 1. The minimum Gasteiger partial charge on any atom is -0.313 e. The Balaban J connectivity index is 2.40. The van der Waals surface area contributed by atoms with Crippen LogP contribution in [0.25, 0.3) is 11.0 Å². The molecule has 2 aromatic rings. The van der Waals surface area contributed by atoms with Crippen LogP contribution in [0.5, 0.6) is 0 Å². The largest absolute Gasteiger partial charge is 0.313 e. The Morgan fingerprint density at radius 2 is 2.29 bits per heavy atom. The van der Waals surface area contributed by atoms with Crippen LogP contribution < -0.4 is 5.32 Å². The van der Waals surface area contributed by atoms with Gasteiger partial charge in [-0.25, -0.2) is 4.98 Å². The van der Waals surface area contributed by atoms with Crippen molar-refractivity contribution in [3.05, 3.63) is 23.5 Å². The van der Waals surface area contributed by atoms with E-state index in [2.05, 4.69) is 34.3 Å². The van der Waals surface area contributed by atoms with Crippen molar-refractivity contribution in [3.63, 3.8) is 0 Å². The van der Waals surface area contributed by atoms with Crippen LogP contribution in [-0.4, -0.2) is 21.7 Å². The fourth-order valence-electron chi connectivity index (χ4n) is 1.50. The van der Waals surface area contributed by atoms with E-state index in [-0.39, 0.29) is 0 Å². The van der Waals surface area contributed by atoms with Crippen molar-refractivity contribution >= 4 is 11.0 Å². The van der Waals surface area contributed by atoms with E-state index in [1.165, 1.54) is 11.1 Å². The van der Waals surface area contributed by atoms with E-state index in [1.807, 2.05) is 12.4 Å². The maximum absolute atomic E-state index is 4.30. The van der Waals surface area contributed by atoms with Crippen molar-refractivity contribution in [2.75, 3.05) is 6.54 Å². The second-order valence-electron chi connectivity index (χ2n) is 3.32. The monoisotopic (exact) mass is 190 g/mol. The molecule has 0 unspecified atom stereocenters. The Morgan fingerprint density at radius 3 is 3.07 bits per heavy atom. The Kier molecular flexibility index (Phi) is 2.45.